The van der Waals surface area contributed by atoms with Gasteiger partial charge < -0.3 is 14.5 Å². The molecule has 6 nitrogen and oxygen atoms in total. The molecule has 0 aliphatic carbocycles. The molecule has 1 aliphatic heterocycles. The Hall–Kier alpha value is -2.34. The number of H-pyrrole nitrogens is 1. The molecule has 0 unspecified atom stereocenters. The number of hydrogen-bond donors (Lipinski definition) is 1. The van der Waals surface area contributed by atoms with Crippen LogP contribution in [0.15, 0.2) is 23.0 Å². The highest BCUT2D eigenvalue weighted by molar-refractivity contribution is 5.40. The van der Waals surface area contributed by atoms with E-state index in [1.54, 1.807) is 14.2 Å². The minimum atomic E-state index is 0.0233. The predicted octanol–water partition coefficient (Wildman–Crippen LogP) is 2.30. The van der Waals surface area contributed by atoms with E-state index in [2.05, 4.69) is 21.8 Å². The monoisotopic (exact) mass is 343 g/mol. The fourth-order valence-corrected chi connectivity index (χ4v) is 3.26. The molecule has 1 aliphatic rings. The summed E-state index contributed by atoms with van der Waals surface area (Å²) in [4.78, 5) is 22.1. The average molecular weight is 343 g/mol. The first-order valence-electron chi connectivity index (χ1n) is 8.68. The minimum Gasteiger partial charge on any atom is -0.497 e. The van der Waals surface area contributed by atoms with Crippen molar-refractivity contribution in [1.29, 1.82) is 0 Å². The smallest absolute Gasteiger partial charge is 0.254 e. The van der Waals surface area contributed by atoms with Crippen molar-refractivity contribution < 1.29 is 9.47 Å². The largest absolute Gasteiger partial charge is 0.497 e. The third-order valence-electron chi connectivity index (χ3n) is 4.58. The molecule has 1 aromatic heterocycles. The van der Waals surface area contributed by atoms with Crippen LogP contribution in [-0.4, -0.2) is 35.6 Å². The van der Waals surface area contributed by atoms with E-state index in [0.717, 1.165) is 66.5 Å². The molecule has 0 fully saturated rings. The summed E-state index contributed by atoms with van der Waals surface area (Å²) in [6, 6.07) is 5.87. The van der Waals surface area contributed by atoms with Crippen LogP contribution in [0.25, 0.3) is 0 Å². The fourth-order valence-electron chi connectivity index (χ4n) is 3.26. The predicted molar refractivity (Wildman–Crippen MR) is 96.2 cm³/mol. The van der Waals surface area contributed by atoms with Crippen LogP contribution in [0.4, 0.5) is 0 Å². The highest BCUT2D eigenvalue weighted by Gasteiger charge is 2.22. The zero-order chi connectivity index (χ0) is 17.8. The number of rotatable bonds is 6. The lowest BCUT2D eigenvalue weighted by Crippen LogP contribution is -2.35. The molecule has 0 atom stereocenters. The molecule has 0 amide bonds. The summed E-state index contributed by atoms with van der Waals surface area (Å²) in [5.74, 6) is 2.38. The topological polar surface area (TPSA) is 67.5 Å². The van der Waals surface area contributed by atoms with E-state index >= 15 is 0 Å². The number of fused-ring (bicyclic) bond motifs is 1. The number of benzene rings is 1. The van der Waals surface area contributed by atoms with Gasteiger partial charge in [0.1, 0.15) is 17.3 Å². The quantitative estimate of drug-likeness (QED) is 0.872. The van der Waals surface area contributed by atoms with Gasteiger partial charge in [-0.3, -0.25) is 9.69 Å². The maximum absolute atomic E-state index is 12.2. The van der Waals surface area contributed by atoms with Crippen molar-refractivity contribution in [3.8, 4) is 11.5 Å². The zero-order valence-electron chi connectivity index (χ0n) is 15.1. The fraction of sp³-hybridized carbons (Fsp3) is 0.474. The van der Waals surface area contributed by atoms with Crippen molar-refractivity contribution >= 4 is 0 Å². The van der Waals surface area contributed by atoms with Gasteiger partial charge in [0.25, 0.3) is 5.56 Å². The van der Waals surface area contributed by atoms with Gasteiger partial charge in [-0.05, 0) is 18.9 Å². The third kappa shape index (κ3) is 3.85. The Morgan fingerprint density at radius 3 is 2.84 bits per heavy atom. The summed E-state index contributed by atoms with van der Waals surface area (Å²) < 4.78 is 10.7. The second-order valence-corrected chi connectivity index (χ2v) is 6.33. The number of hydrogen-bond acceptors (Lipinski definition) is 5. The Bertz CT molecular complexity index is 801. The minimum absolute atomic E-state index is 0.0233. The normalized spacial score (nSPS) is 14.2. The van der Waals surface area contributed by atoms with E-state index in [9.17, 15) is 4.79 Å². The Balaban J connectivity index is 1.80. The van der Waals surface area contributed by atoms with Gasteiger partial charge >= 0.3 is 0 Å². The maximum atomic E-state index is 12.2. The average Bonchev–Trinajstić information content (AvgIpc) is 2.62. The Morgan fingerprint density at radius 1 is 1.28 bits per heavy atom. The van der Waals surface area contributed by atoms with Crippen LogP contribution in [0.3, 0.4) is 0 Å². The lowest BCUT2D eigenvalue weighted by molar-refractivity contribution is 0.236. The van der Waals surface area contributed by atoms with Crippen molar-refractivity contribution in [3.05, 3.63) is 51.2 Å². The molecule has 0 saturated carbocycles. The maximum Gasteiger partial charge on any atom is 0.254 e. The van der Waals surface area contributed by atoms with Crippen molar-refractivity contribution in [2.24, 2.45) is 0 Å². The molecule has 0 radical (unpaired) electrons. The highest BCUT2D eigenvalue weighted by Crippen LogP contribution is 2.27. The molecule has 1 aromatic carbocycles. The van der Waals surface area contributed by atoms with Crippen molar-refractivity contribution in [2.45, 2.75) is 39.3 Å². The van der Waals surface area contributed by atoms with E-state index in [1.807, 2.05) is 18.2 Å². The molecule has 0 saturated heterocycles. The lowest BCUT2D eigenvalue weighted by atomic mass is 10.0. The number of aromatic amines is 1. The number of ether oxygens (including phenoxy) is 2. The molecule has 25 heavy (non-hydrogen) atoms. The van der Waals surface area contributed by atoms with E-state index in [0.29, 0.717) is 6.54 Å². The van der Waals surface area contributed by atoms with Gasteiger partial charge in [-0.2, -0.15) is 0 Å². The van der Waals surface area contributed by atoms with E-state index in [-0.39, 0.29) is 5.56 Å². The summed E-state index contributed by atoms with van der Waals surface area (Å²) in [6.07, 6.45) is 2.49. The van der Waals surface area contributed by atoms with Gasteiger partial charge in [-0.1, -0.05) is 13.0 Å². The second kappa shape index (κ2) is 7.70. The first-order valence-corrected chi connectivity index (χ1v) is 8.68. The van der Waals surface area contributed by atoms with Crippen LogP contribution in [0.2, 0.25) is 0 Å². The summed E-state index contributed by atoms with van der Waals surface area (Å²) >= 11 is 0. The summed E-state index contributed by atoms with van der Waals surface area (Å²) in [5.41, 5.74) is 2.87. The van der Waals surface area contributed by atoms with Gasteiger partial charge in [-0.15, -0.1) is 0 Å². The van der Waals surface area contributed by atoms with Crippen LogP contribution in [0.1, 0.15) is 36.0 Å². The van der Waals surface area contributed by atoms with E-state index in [4.69, 9.17) is 9.47 Å². The van der Waals surface area contributed by atoms with Gasteiger partial charge in [0.2, 0.25) is 0 Å². The SMILES string of the molecule is CCCc1nc2c(c(=O)[nH]1)CCN(Cc1ccc(OC)cc1OC)C2. The first kappa shape index (κ1) is 17.5. The molecule has 0 bridgehead atoms. The van der Waals surface area contributed by atoms with Crippen LogP contribution in [0.5, 0.6) is 11.5 Å². The Kier molecular flexibility index (Phi) is 5.38. The number of methoxy groups -OCH3 is 2. The summed E-state index contributed by atoms with van der Waals surface area (Å²) in [6.45, 7) is 4.36. The number of nitrogens with one attached hydrogen (secondary N) is 1. The lowest BCUT2D eigenvalue weighted by Gasteiger charge is -2.28. The second-order valence-electron chi connectivity index (χ2n) is 6.33. The molecule has 1 N–H and O–H groups in total. The van der Waals surface area contributed by atoms with Crippen molar-refractivity contribution in [2.75, 3.05) is 20.8 Å². The van der Waals surface area contributed by atoms with Crippen LogP contribution < -0.4 is 15.0 Å². The summed E-state index contributed by atoms with van der Waals surface area (Å²) in [7, 11) is 3.31. The number of aryl methyl sites for hydroxylation is 1. The van der Waals surface area contributed by atoms with Gasteiger partial charge in [0.15, 0.2) is 0 Å². The molecule has 134 valence electrons. The number of aromatic nitrogens is 2. The van der Waals surface area contributed by atoms with E-state index in [1.165, 1.54) is 0 Å². The molecule has 2 aromatic rings. The molecule has 0 spiro atoms. The van der Waals surface area contributed by atoms with Crippen LogP contribution in [-0.2, 0) is 25.9 Å². The van der Waals surface area contributed by atoms with Crippen molar-refractivity contribution in [1.82, 2.24) is 14.9 Å². The van der Waals surface area contributed by atoms with E-state index < -0.39 is 0 Å². The zero-order valence-corrected chi connectivity index (χ0v) is 15.1. The van der Waals surface area contributed by atoms with Crippen LogP contribution >= 0.6 is 0 Å². The molecule has 3 rings (SSSR count). The molecule has 2 heterocycles. The first-order chi connectivity index (χ1) is 12.1. The molecule has 6 heteroatoms. The molecular weight excluding hydrogens is 318 g/mol. The highest BCUT2D eigenvalue weighted by atomic mass is 16.5. The Labute approximate surface area is 147 Å². The molecular formula is C19H25N3O3. The summed E-state index contributed by atoms with van der Waals surface area (Å²) in [5, 5.41) is 0. The number of nitrogens with zero attached hydrogens (tertiary/aromatic N) is 2. The third-order valence-corrected chi connectivity index (χ3v) is 4.58. The van der Waals surface area contributed by atoms with Gasteiger partial charge in [0, 0.05) is 43.2 Å². The van der Waals surface area contributed by atoms with Gasteiger partial charge in [-0.25, -0.2) is 4.98 Å². The van der Waals surface area contributed by atoms with Gasteiger partial charge in [0.05, 0.1) is 19.9 Å². The Morgan fingerprint density at radius 2 is 2.12 bits per heavy atom. The van der Waals surface area contributed by atoms with Crippen molar-refractivity contribution in [3.63, 3.8) is 0 Å². The van der Waals surface area contributed by atoms with Crippen LogP contribution in [0, 0.1) is 0 Å². The standard InChI is InChI=1S/C19H25N3O3/c1-4-5-18-20-16-12-22(9-8-15(16)19(23)21-18)11-13-6-7-14(24-2)10-17(13)25-3/h6-7,10H,4-5,8-9,11-12H2,1-3H3,(H,20,21,23).